The average molecular weight is 421 g/mol. The lowest BCUT2D eigenvalue weighted by atomic mass is 9.90. The van der Waals surface area contributed by atoms with E-state index in [-0.39, 0.29) is 11.7 Å². The number of fused-ring (bicyclic) bond motifs is 1. The molecule has 0 saturated carbocycles. The number of hydroxylamine groups is 1. The van der Waals surface area contributed by atoms with Crippen molar-refractivity contribution >= 4 is 34.8 Å². The third-order valence-electron chi connectivity index (χ3n) is 5.42. The first-order valence-electron chi connectivity index (χ1n) is 9.48. The molecule has 7 heteroatoms. The number of phenols is 1. The zero-order valence-corrected chi connectivity index (χ0v) is 16.4. The SMILES string of the molecule is O=C1[C@@H]2[C@@H](ON(c3ccccc3)[C@H]2c2cccc(O)c2)C(=O)N1c1ccc(Cl)cc1. The molecule has 1 N–H and O–H groups in total. The smallest absolute Gasteiger partial charge is 0.266 e. The van der Waals surface area contributed by atoms with Crippen LogP contribution >= 0.6 is 11.6 Å². The van der Waals surface area contributed by atoms with Crippen molar-refractivity contribution in [3.05, 3.63) is 89.4 Å². The molecule has 0 bridgehead atoms. The van der Waals surface area contributed by atoms with Crippen LogP contribution in [0.5, 0.6) is 5.75 Å². The van der Waals surface area contributed by atoms with Crippen LogP contribution in [0.1, 0.15) is 11.6 Å². The van der Waals surface area contributed by atoms with Crippen molar-refractivity contribution in [2.75, 3.05) is 9.96 Å². The highest BCUT2D eigenvalue weighted by molar-refractivity contribution is 6.31. The van der Waals surface area contributed by atoms with E-state index in [9.17, 15) is 14.7 Å². The number of hydrogen-bond acceptors (Lipinski definition) is 5. The van der Waals surface area contributed by atoms with Crippen molar-refractivity contribution in [2.45, 2.75) is 12.1 Å². The summed E-state index contributed by atoms with van der Waals surface area (Å²) >= 11 is 5.95. The van der Waals surface area contributed by atoms with E-state index in [1.807, 2.05) is 36.4 Å². The number of amides is 2. The van der Waals surface area contributed by atoms with Gasteiger partial charge in [0, 0.05) is 5.02 Å². The average Bonchev–Trinajstić information content (AvgIpc) is 3.26. The van der Waals surface area contributed by atoms with Gasteiger partial charge in [-0.05, 0) is 54.1 Å². The normalized spacial score (nSPS) is 23.2. The predicted octanol–water partition coefficient (Wildman–Crippen LogP) is 4.10. The molecule has 0 radical (unpaired) electrons. The second-order valence-electron chi connectivity index (χ2n) is 7.24. The van der Waals surface area contributed by atoms with E-state index in [0.717, 1.165) is 10.6 Å². The standard InChI is InChI=1S/C23H17ClN2O4/c24-15-9-11-16(12-10-15)25-22(28)19-20(14-5-4-8-18(27)13-14)26(30-21(19)23(25)29)17-6-2-1-3-7-17/h1-13,19-21,27H/t19-,20-,21+/m0/s1. The number of phenolic OH excluding ortho intramolecular Hbond substituents is 1. The fourth-order valence-electron chi connectivity index (χ4n) is 4.11. The summed E-state index contributed by atoms with van der Waals surface area (Å²) < 4.78 is 0. The van der Waals surface area contributed by atoms with Gasteiger partial charge in [-0.1, -0.05) is 41.9 Å². The summed E-state index contributed by atoms with van der Waals surface area (Å²) in [5.41, 5.74) is 1.86. The van der Waals surface area contributed by atoms with Gasteiger partial charge in [-0.15, -0.1) is 0 Å². The zero-order chi connectivity index (χ0) is 20.8. The summed E-state index contributed by atoms with van der Waals surface area (Å²) in [6.07, 6.45) is -0.958. The van der Waals surface area contributed by atoms with Crippen LogP contribution in [0, 0.1) is 5.92 Å². The van der Waals surface area contributed by atoms with Crippen LogP contribution in [0.25, 0.3) is 0 Å². The minimum Gasteiger partial charge on any atom is -0.508 e. The maximum Gasteiger partial charge on any atom is 0.266 e. The van der Waals surface area contributed by atoms with Gasteiger partial charge in [0.05, 0.1) is 17.4 Å². The third kappa shape index (κ3) is 2.93. The van der Waals surface area contributed by atoms with E-state index in [1.165, 1.54) is 0 Å². The van der Waals surface area contributed by atoms with Crippen molar-refractivity contribution in [2.24, 2.45) is 5.92 Å². The van der Waals surface area contributed by atoms with Crippen LogP contribution in [0.2, 0.25) is 5.02 Å². The molecule has 0 aliphatic carbocycles. The monoisotopic (exact) mass is 420 g/mol. The molecule has 3 atom stereocenters. The maximum absolute atomic E-state index is 13.4. The molecule has 0 spiro atoms. The minimum atomic E-state index is -0.958. The Morgan fingerprint density at radius 1 is 0.833 bits per heavy atom. The molecule has 0 unspecified atom stereocenters. The van der Waals surface area contributed by atoms with Gasteiger partial charge in [0.25, 0.3) is 5.91 Å². The van der Waals surface area contributed by atoms with Gasteiger partial charge < -0.3 is 5.11 Å². The highest BCUT2D eigenvalue weighted by atomic mass is 35.5. The Hall–Kier alpha value is -3.35. The van der Waals surface area contributed by atoms with Crippen LogP contribution < -0.4 is 9.96 Å². The molecule has 0 aromatic heterocycles. The van der Waals surface area contributed by atoms with Crippen molar-refractivity contribution < 1.29 is 19.5 Å². The maximum atomic E-state index is 13.4. The molecular weight excluding hydrogens is 404 g/mol. The number of halogens is 1. The Labute approximate surface area is 177 Å². The third-order valence-corrected chi connectivity index (χ3v) is 5.67. The van der Waals surface area contributed by atoms with Crippen molar-refractivity contribution in [1.29, 1.82) is 0 Å². The summed E-state index contributed by atoms with van der Waals surface area (Å²) in [6.45, 7) is 0. The Bertz CT molecular complexity index is 1120. The van der Waals surface area contributed by atoms with Gasteiger partial charge in [-0.3, -0.25) is 14.4 Å². The van der Waals surface area contributed by atoms with E-state index in [2.05, 4.69) is 0 Å². The lowest BCUT2D eigenvalue weighted by Crippen LogP contribution is -2.37. The van der Waals surface area contributed by atoms with E-state index in [1.54, 1.807) is 47.5 Å². The molecule has 150 valence electrons. The first kappa shape index (κ1) is 18.7. The molecular formula is C23H17ClN2O4. The van der Waals surface area contributed by atoms with Crippen LogP contribution in [0.15, 0.2) is 78.9 Å². The van der Waals surface area contributed by atoms with E-state index in [4.69, 9.17) is 16.4 Å². The number of benzene rings is 3. The molecule has 2 saturated heterocycles. The van der Waals surface area contributed by atoms with E-state index < -0.39 is 24.0 Å². The number of carbonyl (C=O) groups excluding carboxylic acids is 2. The van der Waals surface area contributed by atoms with Gasteiger partial charge in [0.1, 0.15) is 11.7 Å². The van der Waals surface area contributed by atoms with Crippen molar-refractivity contribution in [3.8, 4) is 5.75 Å². The molecule has 2 heterocycles. The highest BCUT2D eigenvalue weighted by Gasteiger charge is 2.60. The second-order valence-corrected chi connectivity index (χ2v) is 7.68. The molecule has 3 aromatic carbocycles. The molecule has 2 amide bonds. The topological polar surface area (TPSA) is 70.1 Å². The largest absolute Gasteiger partial charge is 0.508 e. The number of anilines is 2. The van der Waals surface area contributed by atoms with Gasteiger partial charge in [0.2, 0.25) is 5.91 Å². The zero-order valence-electron chi connectivity index (χ0n) is 15.7. The number of nitrogens with zero attached hydrogens (tertiary/aromatic N) is 2. The number of imide groups is 1. The summed E-state index contributed by atoms with van der Waals surface area (Å²) in [7, 11) is 0. The summed E-state index contributed by atoms with van der Waals surface area (Å²) in [5, 5.41) is 12.1. The molecule has 3 aromatic rings. The number of aromatic hydroxyl groups is 1. The van der Waals surface area contributed by atoms with Crippen LogP contribution in [-0.4, -0.2) is 23.0 Å². The van der Waals surface area contributed by atoms with Gasteiger partial charge in [0.15, 0.2) is 6.10 Å². The number of rotatable bonds is 3. The Morgan fingerprint density at radius 2 is 1.57 bits per heavy atom. The van der Waals surface area contributed by atoms with Crippen molar-refractivity contribution in [1.82, 2.24) is 0 Å². The fraction of sp³-hybridized carbons (Fsp3) is 0.130. The molecule has 2 fully saturated rings. The number of para-hydroxylation sites is 1. The van der Waals surface area contributed by atoms with Gasteiger partial charge >= 0.3 is 0 Å². The van der Waals surface area contributed by atoms with Gasteiger partial charge in [-0.25, -0.2) is 9.96 Å². The van der Waals surface area contributed by atoms with E-state index >= 15 is 0 Å². The molecule has 6 nitrogen and oxygen atoms in total. The molecule has 2 aliphatic heterocycles. The lowest BCUT2D eigenvalue weighted by Gasteiger charge is -2.28. The quantitative estimate of drug-likeness (QED) is 0.646. The Kier molecular flexibility index (Phi) is 4.46. The highest BCUT2D eigenvalue weighted by Crippen LogP contribution is 2.47. The number of hydrogen-bond donors (Lipinski definition) is 1. The van der Waals surface area contributed by atoms with Crippen LogP contribution in [-0.2, 0) is 14.4 Å². The lowest BCUT2D eigenvalue weighted by molar-refractivity contribution is -0.126. The first-order chi connectivity index (χ1) is 14.5. The van der Waals surface area contributed by atoms with Crippen LogP contribution in [0.4, 0.5) is 11.4 Å². The second kappa shape index (κ2) is 7.16. The predicted molar refractivity (Wildman–Crippen MR) is 112 cm³/mol. The summed E-state index contributed by atoms with van der Waals surface area (Å²) in [5.74, 6) is -1.44. The van der Waals surface area contributed by atoms with Crippen LogP contribution in [0.3, 0.4) is 0 Å². The Balaban J connectivity index is 1.59. The van der Waals surface area contributed by atoms with Crippen molar-refractivity contribution in [3.63, 3.8) is 0 Å². The first-order valence-corrected chi connectivity index (χ1v) is 9.86. The number of carbonyl (C=O) groups is 2. The summed E-state index contributed by atoms with van der Waals surface area (Å²) in [6, 6.07) is 21.9. The minimum absolute atomic E-state index is 0.0790. The molecule has 30 heavy (non-hydrogen) atoms. The molecule has 5 rings (SSSR count). The van der Waals surface area contributed by atoms with E-state index in [0.29, 0.717) is 16.3 Å². The Morgan fingerprint density at radius 3 is 2.27 bits per heavy atom. The fourth-order valence-corrected chi connectivity index (χ4v) is 4.23. The van der Waals surface area contributed by atoms with Gasteiger partial charge in [-0.2, -0.15) is 0 Å². The molecule has 2 aliphatic rings. The summed E-state index contributed by atoms with van der Waals surface area (Å²) in [4.78, 5) is 33.8.